The van der Waals surface area contributed by atoms with Crippen LogP contribution in [0.15, 0.2) is 48.5 Å². The highest BCUT2D eigenvalue weighted by molar-refractivity contribution is 6.04. The molecule has 2 aromatic carbocycles. The Hall–Kier alpha value is -3.15. The lowest BCUT2D eigenvalue weighted by molar-refractivity contribution is -0.126. The van der Waals surface area contributed by atoms with Gasteiger partial charge < -0.3 is 15.4 Å². The van der Waals surface area contributed by atoms with Crippen LogP contribution in [-0.4, -0.2) is 24.4 Å². The second kappa shape index (κ2) is 11.3. The third-order valence-corrected chi connectivity index (χ3v) is 5.45. The van der Waals surface area contributed by atoms with Crippen LogP contribution in [0.1, 0.15) is 71.7 Å². The van der Waals surface area contributed by atoms with E-state index in [-0.39, 0.29) is 17.7 Å². The Kier molecular flexibility index (Phi) is 8.21. The predicted octanol–water partition coefficient (Wildman–Crippen LogP) is 4.70. The maximum Gasteiger partial charge on any atom is 0.338 e. The molecule has 0 radical (unpaired) electrons. The Morgan fingerprint density at radius 3 is 2.42 bits per heavy atom. The first kappa shape index (κ1) is 22.5. The summed E-state index contributed by atoms with van der Waals surface area (Å²) >= 11 is 0. The van der Waals surface area contributed by atoms with Crippen molar-refractivity contribution in [1.82, 2.24) is 5.32 Å². The van der Waals surface area contributed by atoms with Crippen molar-refractivity contribution in [2.45, 2.75) is 52.0 Å². The molecule has 2 aromatic rings. The highest BCUT2D eigenvalue weighted by atomic mass is 16.5. The average molecular weight is 423 g/mol. The van der Waals surface area contributed by atoms with Gasteiger partial charge in [0.2, 0.25) is 5.91 Å². The maximum atomic E-state index is 12.6. The zero-order valence-corrected chi connectivity index (χ0v) is 18.0. The summed E-state index contributed by atoms with van der Waals surface area (Å²) in [6.07, 6.45) is 6.18. The summed E-state index contributed by atoms with van der Waals surface area (Å²) in [6, 6.07) is 13.8. The van der Waals surface area contributed by atoms with Gasteiger partial charge in [0.15, 0.2) is 0 Å². The van der Waals surface area contributed by atoms with E-state index in [9.17, 15) is 14.4 Å². The molecular formula is C25H30N2O4. The molecule has 0 heterocycles. The summed E-state index contributed by atoms with van der Waals surface area (Å²) in [5.41, 5.74) is 2.37. The molecule has 1 saturated carbocycles. The van der Waals surface area contributed by atoms with Crippen molar-refractivity contribution < 1.29 is 19.1 Å². The van der Waals surface area contributed by atoms with Crippen LogP contribution in [0.5, 0.6) is 0 Å². The molecule has 6 heteroatoms. The van der Waals surface area contributed by atoms with Crippen molar-refractivity contribution >= 4 is 23.5 Å². The van der Waals surface area contributed by atoms with E-state index in [1.165, 1.54) is 6.42 Å². The molecule has 0 unspecified atom stereocenters. The Morgan fingerprint density at radius 2 is 1.71 bits per heavy atom. The standard InChI is InChI=1S/C25H30N2O4/c1-2-15-31-25(30)21-9-6-10-22(16-21)27-24(29)20-13-11-18(12-14-20)17-26-23(28)19-7-4-3-5-8-19/h6,9-14,16,19H,2-5,7-8,15,17H2,1H3,(H,26,28)(H,27,29). The molecule has 0 atom stereocenters. The van der Waals surface area contributed by atoms with Crippen molar-refractivity contribution in [3.05, 3.63) is 65.2 Å². The molecule has 1 aliphatic rings. The Morgan fingerprint density at radius 1 is 0.968 bits per heavy atom. The second-order valence-corrected chi connectivity index (χ2v) is 7.92. The minimum atomic E-state index is -0.405. The van der Waals surface area contributed by atoms with Crippen LogP contribution in [0.3, 0.4) is 0 Å². The van der Waals surface area contributed by atoms with Gasteiger partial charge in [0.1, 0.15) is 0 Å². The van der Waals surface area contributed by atoms with E-state index in [0.29, 0.717) is 30.0 Å². The quantitative estimate of drug-likeness (QED) is 0.604. The fourth-order valence-corrected chi connectivity index (χ4v) is 3.68. The maximum absolute atomic E-state index is 12.6. The van der Waals surface area contributed by atoms with Crippen LogP contribution < -0.4 is 10.6 Å². The van der Waals surface area contributed by atoms with Gasteiger partial charge in [-0.05, 0) is 55.2 Å². The van der Waals surface area contributed by atoms with Gasteiger partial charge in [-0.15, -0.1) is 0 Å². The predicted molar refractivity (Wildman–Crippen MR) is 120 cm³/mol. The molecule has 1 aliphatic carbocycles. The van der Waals surface area contributed by atoms with Gasteiger partial charge >= 0.3 is 5.97 Å². The van der Waals surface area contributed by atoms with Crippen LogP contribution in [0.4, 0.5) is 5.69 Å². The van der Waals surface area contributed by atoms with Crippen molar-refractivity contribution in [3.8, 4) is 0 Å². The van der Waals surface area contributed by atoms with Crippen molar-refractivity contribution in [2.75, 3.05) is 11.9 Å². The molecule has 6 nitrogen and oxygen atoms in total. The average Bonchev–Trinajstić information content (AvgIpc) is 2.82. The fourth-order valence-electron chi connectivity index (χ4n) is 3.68. The van der Waals surface area contributed by atoms with Crippen molar-refractivity contribution in [3.63, 3.8) is 0 Å². The van der Waals surface area contributed by atoms with Crippen molar-refractivity contribution in [2.24, 2.45) is 5.92 Å². The van der Waals surface area contributed by atoms with Crippen LogP contribution in [0, 0.1) is 5.92 Å². The zero-order chi connectivity index (χ0) is 22.1. The summed E-state index contributed by atoms with van der Waals surface area (Å²) < 4.78 is 5.13. The van der Waals surface area contributed by atoms with Gasteiger partial charge in [0.05, 0.1) is 12.2 Å². The number of hydrogen-bond acceptors (Lipinski definition) is 4. The molecular weight excluding hydrogens is 392 g/mol. The monoisotopic (exact) mass is 422 g/mol. The summed E-state index contributed by atoms with van der Waals surface area (Å²) in [7, 11) is 0. The van der Waals surface area contributed by atoms with E-state index in [1.54, 1.807) is 36.4 Å². The largest absolute Gasteiger partial charge is 0.462 e. The number of amides is 2. The minimum Gasteiger partial charge on any atom is -0.462 e. The van der Waals surface area contributed by atoms with Gasteiger partial charge in [-0.2, -0.15) is 0 Å². The number of nitrogens with one attached hydrogen (secondary N) is 2. The number of ether oxygens (including phenoxy) is 1. The Labute approximate surface area is 183 Å². The van der Waals surface area contributed by atoms with Crippen molar-refractivity contribution in [1.29, 1.82) is 0 Å². The smallest absolute Gasteiger partial charge is 0.338 e. The third-order valence-electron chi connectivity index (χ3n) is 5.45. The van der Waals surface area contributed by atoms with Crippen LogP contribution in [-0.2, 0) is 16.1 Å². The molecule has 0 aromatic heterocycles. The number of anilines is 1. The molecule has 0 spiro atoms. The summed E-state index contributed by atoms with van der Waals surface area (Å²) in [5.74, 6) is -0.415. The first-order valence-corrected chi connectivity index (χ1v) is 11.0. The Balaban J connectivity index is 1.53. The SMILES string of the molecule is CCCOC(=O)c1cccc(NC(=O)c2ccc(CNC(=O)C3CCCCC3)cc2)c1. The molecule has 0 saturated heterocycles. The number of carbonyl (C=O) groups is 3. The van der Waals surface area contributed by atoms with E-state index in [4.69, 9.17) is 4.74 Å². The first-order valence-electron chi connectivity index (χ1n) is 11.0. The van der Waals surface area contributed by atoms with Gasteiger partial charge in [-0.25, -0.2) is 4.79 Å². The molecule has 2 amide bonds. The van der Waals surface area contributed by atoms with Crippen LogP contribution in [0.2, 0.25) is 0 Å². The molecule has 1 fully saturated rings. The van der Waals surface area contributed by atoms with E-state index in [0.717, 1.165) is 37.7 Å². The third kappa shape index (κ3) is 6.67. The van der Waals surface area contributed by atoms with Gasteiger partial charge in [0.25, 0.3) is 5.91 Å². The van der Waals surface area contributed by atoms with E-state index in [1.807, 2.05) is 19.1 Å². The molecule has 2 N–H and O–H groups in total. The van der Waals surface area contributed by atoms with Crippen LogP contribution >= 0.6 is 0 Å². The minimum absolute atomic E-state index is 0.124. The summed E-state index contributed by atoms with van der Waals surface area (Å²) in [4.78, 5) is 36.8. The lowest BCUT2D eigenvalue weighted by Gasteiger charge is -2.20. The molecule has 164 valence electrons. The lowest BCUT2D eigenvalue weighted by Crippen LogP contribution is -2.31. The number of carbonyl (C=O) groups excluding carboxylic acids is 3. The normalized spacial score (nSPS) is 14.0. The van der Waals surface area contributed by atoms with Crippen LogP contribution in [0.25, 0.3) is 0 Å². The van der Waals surface area contributed by atoms with Gasteiger partial charge in [0, 0.05) is 23.7 Å². The highest BCUT2D eigenvalue weighted by Crippen LogP contribution is 2.23. The highest BCUT2D eigenvalue weighted by Gasteiger charge is 2.20. The molecule has 0 aliphatic heterocycles. The topological polar surface area (TPSA) is 84.5 Å². The van der Waals surface area contributed by atoms with E-state index in [2.05, 4.69) is 10.6 Å². The summed E-state index contributed by atoms with van der Waals surface area (Å²) in [5, 5.41) is 5.81. The number of rotatable bonds is 8. The number of benzene rings is 2. The molecule has 31 heavy (non-hydrogen) atoms. The number of hydrogen-bond donors (Lipinski definition) is 2. The number of esters is 1. The lowest BCUT2D eigenvalue weighted by atomic mass is 9.88. The second-order valence-electron chi connectivity index (χ2n) is 7.92. The van der Waals surface area contributed by atoms with E-state index >= 15 is 0 Å². The first-order chi connectivity index (χ1) is 15.1. The van der Waals surface area contributed by atoms with Gasteiger partial charge in [-0.1, -0.05) is 44.4 Å². The molecule has 0 bridgehead atoms. The fraction of sp³-hybridized carbons (Fsp3) is 0.400. The van der Waals surface area contributed by atoms with Gasteiger partial charge in [-0.3, -0.25) is 9.59 Å². The molecule has 3 rings (SSSR count). The Bertz CT molecular complexity index is 902. The summed E-state index contributed by atoms with van der Waals surface area (Å²) in [6.45, 7) is 2.75. The zero-order valence-electron chi connectivity index (χ0n) is 18.0. The van der Waals surface area contributed by atoms with E-state index < -0.39 is 5.97 Å².